The zero-order valence-electron chi connectivity index (χ0n) is 1.63. The van der Waals surface area contributed by atoms with E-state index in [1.807, 2.05) is 0 Å². The van der Waals surface area contributed by atoms with E-state index >= 15 is 0 Å². The van der Waals surface area contributed by atoms with Crippen LogP contribution in [-0.4, -0.2) is 11.0 Å². The van der Waals surface area contributed by atoms with Gasteiger partial charge in [-0.2, -0.15) is 13.2 Å². The Hall–Kier alpha value is 0.00688. The van der Waals surface area contributed by atoms with Gasteiger partial charge in [-0.3, -0.25) is 0 Å². The van der Waals surface area contributed by atoms with Crippen molar-refractivity contribution >= 4 is 11.0 Å². The third-order valence-corrected chi connectivity index (χ3v) is 0. The molecule has 0 N–H and O–H groups in total. The van der Waals surface area contributed by atoms with Gasteiger partial charge in [-0.25, -0.2) is 0 Å². The lowest BCUT2D eigenvalue weighted by Gasteiger charge is -1.60. The standard InChI is InChI=1S/CF3.H4Si/c2-1(3)4;/h;1H4. The highest BCUT2D eigenvalue weighted by molar-refractivity contribution is 5.75. The predicted octanol–water partition coefficient (Wildman–Crippen LogP) is -0.110. The minimum Gasteiger partial charge on any atom is -0.162 e. The number of hydrogen-bond acceptors (Lipinski definition) is 0. The molecule has 33 valence electrons. The van der Waals surface area contributed by atoms with Crippen LogP contribution in [0.15, 0.2) is 0 Å². The van der Waals surface area contributed by atoms with Crippen LogP contribution in [0.5, 0.6) is 0 Å². The molecule has 0 aliphatic rings. The Balaban J connectivity index is 0. The first-order chi connectivity index (χ1) is 1.73. The van der Waals surface area contributed by atoms with E-state index < -0.39 is 6.68 Å². The van der Waals surface area contributed by atoms with Gasteiger partial charge in [0.05, 0.1) is 0 Å². The Morgan fingerprint density at radius 3 is 1.00 bits per heavy atom. The first-order valence-electron chi connectivity index (χ1n) is 0.567. The van der Waals surface area contributed by atoms with Crippen LogP contribution in [0.1, 0.15) is 0 Å². The summed E-state index contributed by atoms with van der Waals surface area (Å²) in [4.78, 5) is 0. The molecular weight excluding hydrogens is 97.1 g/mol. The average Bonchev–Trinajstić information content (AvgIpc) is 0.811. The van der Waals surface area contributed by atoms with Crippen LogP contribution in [0.3, 0.4) is 0 Å². The topological polar surface area (TPSA) is 0 Å². The summed E-state index contributed by atoms with van der Waals surface area (Å²) < 4.78 is 28.8. The van der Waals surface area contributed by atoms with Crippen molar-refractivity contribution < 1.29 is 13.2 Å². The average molecular weight is 101 g/mol. The quantitative estimate of drug-likeness (QED) is 0.373. The van der Waals surface area contributed by atoms with Crippen molar-refractivity contribution in [2.45, 2.75) is 0 Å². The molecule has 0 aliphatic heterocycles. The minimum atomic E-state index is -3.08. The smallest absolute Gasteiger partial charge is 0.162 e. The zero-order valence-corrected chi connectivity index (χ0v) is 1.63. The second-order valence-corrected chi connectivity index (χ2v) is 0.214. The van der Waals surface area contributed by atoms with E-state index in [2.05, 4.69) is 0 Å². The van der Waals surface area contributed by atoms with Crippen molar-refractivity contribution in [2.24, 2.45) is 0 Å². The van der Waals surface area contributed by atoms with Crippen molar-refractivity contribution in [3.63, 3.8) is 0 Å². The van der Waals surface area contributed by atoms with Crippen molar-refractivity contribution in [1.82, 2.24) is 0 Å². The maximum atomic E-state index is 9.58. The molecule has 0 heterocycles. The molecule has 0 unspecified atom stereocenters. The Kier molecular flexibility index (Phi) is 7.12. The van der Waals surface area contributed by atoms with Crippen molar-refractivity contribution in [1.29, 1.82) is 0 Å². The third-order valence-electron chi connectivity index (χ3n) is 0. The van der Waals surface area contributed by atoms with Crippen molar-refractivity contribution in [3.05, 3.63) is 6.68 Å². The van der Waals surface area contributed by atoms with Crippen LogP contribution in [-0.2, 0) is 0 Å². The lowest BCUT2D eigenvalue weighted by atomic mass is 11.6. The van der Waals surface area contributed by atoms with Crippen LogP contribution in [0.4, 0.5) is 13.2 Å². The van der Waals surface area contributed by atoms with Gasteiger partial charge in [0.1, 0.15) is 0 Å². The molecule has 0 saturated carbocycles. The molecule has 0 amide bonds. The molecule has 4 heteroatoms. The fourth-order valence-corrected chi connectivity index (χ4v) is 0. The summed E-state index contributed by atoms with van der Waals surface area (Å²) in [5, 5.41) is 0. The van der Waals surface area contributed by atoms with Gasteiger partial charge in [0.2, 0.25) is 0 Å². The van der Waals surface area contributed by atoms with Crippen LogP contribution in [0.2, 0.25) is 0 Å². The van der Waals surface area contributed by atoms with Gasteiger partial charge in [-0.1, -0.05) is 0 Å². The van der Waals surface area contributed by atoms with Gasteiger partial charge in [0, 0.05) is 0 Å². The molecular formula is CH4F3Si. The Labute approximate surface area is 32.0 Å². The molecule has 0 spiro atoms. The van der Waals surface area contributed by atoms with Gasteiger partial charge < -0.3 is 0 Å². The highest BCUT2D eigenvalue weighted by atomic mass is 28.1. The summed E-state index contributed by atoms with van der Waals surface area (Å²) in [5.74, 6) is 0. The Morgan fingerprint density at radius 2 is 1.00 bits per heavy atom. The molecule has 0 bridgehead atoms. The fraction of sp³-hybridized carbons (Fsp3) is 0. The summed E-state index contributed by atoms with van der Waals surface area (Å²) in [6.45, 7) is -3.08. The largest absolute Gasteiger partial charge is 0.487 e. The minimum absolute atomic E-state index is 0. The zero-order chi connectivity index (χ0) is 3.58. The van der Waals surface area contributed by atoms with Gasteiger partial charge >= 0.3 is 6.68 Å². The molecule has 0 nitrogen and oxygen atoms in total. The van der Waals surface area contributed by atoms with E-state index in [4.69, 9.17) is 0 Å². The van der Waals surface area contributed by atoms with Crippen molar-refractivity contribution in [3.8, 4) is 0 Å². The molecule has 0 fully saturated rings. The molecule has 0 rings (SSSR count). The number of halogens is 3. The molecule has 0 aliphatic carbocycles. The first-order valence-corrected chi connectivity index (χ1v) is 0.567. The Morgan fingerprint density at radius 1 is 1.00 bits per heavy atom. The van der Waals surface area contributed by atoms with Crippen molar-refractivity contribution in [2.75, 3.05) is 0 Å². The van der Waals surface area contributed by atoms with E-state index in [-0.39, 0.29) is 11.0 Å². The van der Waals surface area contributed by atoms with E-state index in [0.29, 0.717) is 0 Å². The monoisotopic (exact) mass is 101 g/mol. The third kappa shape index (κ3) is 341000. The molecule has 0 saturated heterocycles. The van der Waals surface area contributed by atoms with Crippen LogP contribution in [0.25, 0.3) is 0 Å². The van der Waals surface area contributed by atoms with E-state index in [0.717, 1.165) is 0 Å². The fourth-order valence-electron chi connectivity index (χ4n) is 0. The summed E-state index contributed by atoms with van der Waals surface area (Å²) in [5.41, 5.74) is 0. The van der Waals surface area contributed by atoms with Gasteiger partial charge in [0.25, 0.3) is 0 Å². The van der Waals surface area contributed by atoms with Crippen LogP contribution < -0.4 is 0 Å². The second kappa shape index (κ2) is 4.01. The molecule has 0 aromatic heterocycles. The molecule has 5 heavy (non-hydrogen) atoms. The summed E-state index contributed by atoms with van der Waals surface area (Å²) in [6, 6.07) is 0. The summed E-state index contributed by atoms with van der Waals surface area (Å²) >= 11 is 0. The molecule has 0 aromatic carbocycles. The Bertz CT molecular complexity index is 11.6. The summed E-state index contributed by atoms with van der Waals surface area (Å²) in [6.07, 6.45) is 0. The maximum Gasteiger partial charge on any atom is 0.487 e. The second-order valence-electron chi connectivity index (χ2n) is 0.214. The van der Waals surface area contributed by atoms with Gasteiger partial charge in [-0.05, 0) is 11.0 Å². The van der Waals surface area contributed by atoms with Crippen LogP contribution in [0, 0.1) is 6.68 Å². The molecule has 0 aromatic rings. The van der Waals surface area contributed by atoms with E-state index in [1.54, 1.807) is 0 Å². The highest BCUT2D eigenvalue weighted by Crippen LogP contribution is 1.99. The normalized spacial score (nSPS) is 7.20. The number of rotatable bonds is 0. The molecule has 0 atom stereocenters. The SMILES string of the molecule is F[C](F)F.[SiH4]. The first kappa shape index (κ1) is 8.89. The maximum absolute atomic E-state index is 9.58. The lowest BCUT2D eigenvalue weighted by molar-refractivity contribution is 0.142. The molecule has 1 radical (unpaired) electrons. The van der Waals surface area contributed by atoms with Gasteiger partial charge in [0.15, 0.2) is 0 Å². The van der Waals surface area contributed by atoms with Gasteiger partial charge in [-0.15, -0.1) is 0 Å². The van der Waals surface area contributed by atoms with Crippen LogP contribution >= 0.6 is 0 Å². The van der Waals surface area contributed by atoms with E-state index in [9.17, 15) is 13.2 Å². The predicted molar refractivity (Wildman–Crippen MR) is 17.9 cm³/mol. The number of hydrogen-bond donors (Lipinski definition) is 0. The highest BCUT2D eigenvalue weighted by Gasteiger charge is 1.93. The lowest BCUT2D eigenvalue weighted by Crippen LogP contribution is -1.49. The summed E-state index contributed by atoms with van der Waals surface area (Å²) in [7, 11) is 0. The van der Waals surface area contributed by atoms with E-state index in [1.165, 1.54) is 0 Å².